The number of piperidine rings is 2. The lowest BCUT2D eigenvalue weighted by atomic mass is 9.83. The summed E-state index contributed by atoms with van der Waals surface area (Å²) < 4.78 is 47.9. The Kier molecular flexibility index (Phi) is 8.32. The van der Waals surface area contributed by atoms with Crippen LogP contribution in [0.25, 0.3) is 0 Å². The predicted octanol–water partition coefficient (Wildman–Crippen LogP) is 3.41. The van der Waals surface area contributed by atoms with Gasteiger partial charge in [-0.3, -0.25) is 9.89 Å². The van der Waals surface area contributed by atoms with Gasteiger partial charge < -0.3 is 15.0 Å². The minimum atomic E-state index is -3.30. The SMILES string of the molecule is CCCC(=O)OCc1nc(N(C)C2C[C@H]3CCC[C@@H](C2)N3S(=O)(=O)CC)nc(Nc2cc(C)[nH]n2)c1F. The molecule has 37 heavy (non-hydrogen) atoms. The van der Waals surface area contributed by atoms with Gasteiger partial charge in [-0.15, -0.1) is 0 Å². The number of carbonyl (C=O) groups excluding carboxylic acids is 1. The number of ether oxygens (including phenoxy) is 1. The lowest BCUT2D eigenvalue weighted by Crippen LogP contribution is -2.58. The first-order valence-corrected chi connectivity index (χ1v) is 14.5. The van der Waals surface area contributed by atoms with Crippen LogP contribution in [0.2, 0.25) is 0 Å². The molecule has 2 fully saturated rings. The fourth-order valence-electron chi connectivity index (χ4n) is 5.24. The van der Waals surface area contributed by atoms with Crippen molar-refractivity contribution in [1.29, 1.82) is 0 Å². The van der Waals surface area contributed by atoms with Gasteiger partial charge >= 0.3 is 5.97 Å². The topological polar surface area (TPSA) is 133 Å². The number of nitrogens with zero attached hydrogens (tertiary/aromatic N) is 5. The molecule has 4 rings (SSSR count). The van der Waals surface area contributed by atoms with Crippen molar-refractivity contribution < 1.29 is 22.3 Å². The molecule has 0 amide bonds. The maximum Gasteiger partial charge on any atom is 0.306 e. The van der Waals surface area contributed by atoms with Crippen LogP contribution in [-0.2, 0) is 26.2 Å². The van der Waals surface area contributed by atoms with E-state index in [1.54, 1.807) is 17.3 Å². The first-order chi connectivity index (χ1) is 17.6. The summed E-state index contributed by atoms with van der Waals surface area (Å²) in [6.07, 6.45) is 4.75. The molecule has 3 atom stereocenters. The first kappa shape index (κ1) is 27.2. The average Bonchev–Trinajstić information content (AvgIpc) is 3.27. The van der Waals surface area contributed by atoms with Crippen molar-refractivity contribution in [1.82, 2.24) is 24.5 Å². The molecule has 11 nitrogen and oxygen atoms in total. The summed E-state index contributed by atoms with van der Waals surface area (Å²) in [5.41, 5.74) is 0.755. The van der Waals surface area contributed by atoms with E-state index >= 15 is 4.39 Å². The molecule has 2 bridgehead atoms. The number of H-pyrrole nitrogens is 1. The van der Waals surface area contributed by atoms with Crippen molar-refractivity contribution in [2.45, 2.75) is 90.4 Å². The fraction of sp³-hybridized carbons (Fsp3) is 0.667. The van der Waals surface area contributed by atoms with E-state index in [0.29, 0.717) is 25.1 Å². The summed E-state index contributed by atoms with van der Waals surface area (Å²) in [6.45, 7) is 5.05. The Hall–Kier alpha value is -2.80. The van der Waals surface area contributed by atoms with Gasteiger partial charge in [0.1, 0.15) is 12.3 Å². The van der Waals surface area contributed by atoms with Crippen LogP contribution < -0.4 is 10.2 Å². The largest absolute Gasteiger partial charge is 0.459 e. The van der Waals surface area contributed by atoms with Gasteiger partial charge in [-0.1, -0.05) is 13.3 Å². The van der Waals surface area contributed by atoms with Gasteiger partial charge in [0.05, 0.1) is 5.75 Å². The first-order valence-electron chi connectivity index (χ1n) is 12.9. The van der Waals surface area contributed by atoms with E-state index in [4.69, 9.17) is 4.74 Å². The number of esters is 1. The van der Waals surface area contributed by atoms with Gasteiger partial charge in [0.2, 0.25) is 16.0 Å². The molecule has 204 valence electrons. The third-order valence-corrected chi connectivity index (χ3v) is 9.08. The number of aromatic amines is 1. The number of sulfonamides is 1. The van der Waals surface area contributed by atoms with Crippen LogP contribution in [0.3, 0.4) is 0 Å². The molecule has 2 aromatic rings. The third kappa shape index (κ3) is 6.03. The molecule has 0 spiro atoms. The van der Waals surface area contributed by atoms with Crippen LogP contribution in [0.1, 0.15) is 70.2 Å². The molecule has 0 aliphatic carbocycles. The van der Waals surface area contributed by atoms with Crippen LogP contribution in [0.5, 0.6) is 0 Å². The van der Waals surface area contributed by atoms with Crippen LogP contribution >= 0.6 is 0 Å². The summed E-state index contributed by atoms with van der Waals surface area (Å²) >= 11 is 0. The number of anilines is 3. The molecule has 2 aromatic heterocycles. The summed E-state index contributed by atoms with van der Waals surface area (Å²) in [5, 5.41) is 9.79. The predicted molar refractivity (Wildman–Crippen MR) is 137 cm³/mol. The highest BCUT2D eigenvalue weighted by atomic mass is 32.2. The standard InChI is InChI=1S/C24H36FN7O4S/c1-5-8-21(33)36-14-19-22(25)23(27-20-11-15(3)29-30-20)28-24(26-19)31(4)18-12-16-9-7-10-17(13-18)32(16)37(34,35)6-2/h11,16-18H,5-10,12-14H2,1-4H3,(H2,26,27,28,29,30)/t16-,17+,18?. The van der Waals surface area contributed by atoms with Gasteiger partial charge in [-0.2, -0.15) is 14.4 Å². The number of nitrogens with one attached hydrogen (secondary N) is 2. The smallest absolute Gasteiger partial charge is 0.306 e. The molecule has 2 aliphatic heterocycles. The lowest BCUT2D eigenvalue weighted by Gasteiger charge is -2.49. The van der Waals surface area contributed by atoms with Gasteiger partial charge in [0.15, 0.2) is 17.5 Å². The molecule has 2 N–H and O–H groups in total. The van der Waals surface area contributed by atoms with Gasteiger partial charge in [0, 0.05) is 43.4 Å². The molecule has 0 aromatic carbocycles. The van der Waals surface area contributed by atoms with Gasteiger partial charge in [-0.05, 0) is 46.0 Å². The quantitative estimate of drug-likeness (QED) is 0.437. The van der Waals surface area contributed by atoms with Crippen LogP contribution in [0.4, 0.5) is 22.0 Å². The highest BCUT2D eigenvalue weighted by Crippen LogP contribution is 2.38. The van der Waals surface area contributed by atoms with Crippen molar-refractivity contribution >= 4 is 33.6 Å². The van der Waals surface area contributed by atoms with E-state index in [2.05, 4.69) is 25.5 Å². The summed E-state index contributed by atoms with van der Waals surface area (Å²) in [7, 11) is -1.46. The van der Waals surface area contributed by atoms with E-state index < -0.39 is 21.8 Å². The third-order valence-electron chi connectivity index (χ3n) is 7.12. The maximum absolute atomic E-state index is 15.4. The molecule has 2 aliphatic rings. The number of aryl methyl sites for hydroxylation is 1. The normalized spacial score (nSPS) is 22.0. The maximum atomic E-state index is 15.4. The number of hydrogen-bond donors (Lipinski definition) is 2. The van der Waals surface area contributed by atoms with Gasteiger partial charge in [-0.25, -0.2) is 17.8 Å². The number of fused-ring (bicyclic) bond motifs is 2. The van der Waals surface area contributed by atoms with Crippen molar-refractivity contribution in [3.63, 3.8) is 0 Å². The summed E-state index contributed by atoms with van der Waals surface area (Å²) in [6, 6.07) is 1.53. The molecular weight excluding hydrogens is 501 g/mol. The van der Waals surface area contributed by atoms with Crippen molar-refractivity contribution in [2.75, 3.05) is 23.0 Å². The zero-order valence-electron chi connectivity index (χ0n) is 21.8. The number of rotatable bonds is 10. The van der Waals surface area contributed by atoms with Crippen molar-refractivity contribution in [3.05, 3.63) is 23.3 Å². The highest BCUT2D eigenvalue weighted by Gasteiger charge is 2.45. The molecule has 2 saturated heterocycles. The van der Waals surface area contributed by atoms with E-state index in [1.165, 1.54) is 0 Å². The van der Waals surface area contributed by atoms with Crippen LogP contribution in [0.15, 0.2) is 6.07 Å². The molecule has 0 saturated carbocycles. The fourth-order valence-corrected chi connectivity index (χ4v) is 6.83. The zero-order chi connectivity index (χ0) is 26.7. The molecule has 0 radical (unpaired) electrons. The Balaban J connectivity index is 1.62. The van der Waals surface area contributed by atoms with E-state index in [0.717, 1.165) is 25.0 Å². The van der Waals surface area contributed by atoms with Crippen LogP contribution in [0, 0.1) is 12.7 Å². The highest BCUT2D eigenvalue weighted by molar-refractivity contribution is 7.89. The monoisotopic (exact) mass is 537 g/mol. The second-order valence-corrected chi connectivity index (χ2v) is 12.0. The number of aromatic nitrogens is 4. The number of halogens is 1. The van der Waals surface area contributed by atoms with Crippen molar-refractivity contribution in [2.24, 2.45) is 0 Å². The average molecular weight is 538 g/mol. The van der Waals surface area contributed by atoms with E-state index in [-0.39, 0.29) is 54.4 Å². The Morgan fingerprint density at radius 3 is 2.57 bits per heavy atom. The minimum Gasteiger partial charge on any atom is -0.459 e. The molecule has 1 unspecified atom stereocenters. The number of hydrogen-bond acceptors (Lipinski definition) is 9. The van der Waals surface area contributed by atoms with Gasteiger partial charge in [0.25, 0.3) is 0 Å². The molecular formula is C24H36FN7O4S. The van der Waals surface area contributed by atoms with E-state index in [1.807, 2.05) is 25.8 Å². The second kappa shape index (κ2) is 11.3. The Bertz CT molecular complexity index is 1210. The molecule has 13 heteroatoms. The van der Waals surface area contributed by atoms with Crippen molar-refractivity contribution in [3.8, 4) is 0 Å². The Labute approximate surface area is 217 Å². The Morgan fingerprint density at radius 1 is 1.27 bits per heavy atom. The van der Waals surface area contributed by atoms with Crippen LogP contribution in [-0.4, -0.2) is 69.8 Å². The molecule has 4 heterocycles. The minimum absolute atomic E-state index is 0.0277. The number of carbonyl (C=O) groups is 1. The summed E-state index contributed by atoms with van der Waals surface area (Å²) in [4.78, 5) is 22.7. The lowest BCUT2D eigenvalue weighted by molar-refractivity contribution is -0.145. The zero-order valence-corrected chi connectivity index (χ0v) is 22.6. The summed E-state index contributed by atoms with van der Waals surface area (Å²) in [5.74, 6) is -0.467. The van der Waals surface area contributed by atoms with E-state index in [9.17, 15) is 13.2 Å². The second-order valence-electron chi connectivity index (χ2n) is 9.81. The Morgan fingerprint density at radius 2 is 1.97 bits per heavy atom.